The van der Waals surface area contributed by atoms with Gasteiger partial charge in [0, 0.05) is 24.0 Å². The standard InChI is InChI=1S/C35H41FO4Si/c1-5-38-33(37)18-12-17-31-30(32-23-35(31,25-39-32)26-19-21-27(36)22-20-26)24-40-41(34(2,3)4,28-13-8-6-9-14-28)29-15-10-7-11-16-29/h6-16,18-22,30-32H,5,17,23-25H2,1-4H3/b18-12-. The Hall–Kier alpha value is -3.06. The SMILES string of the molecule is CCOC(=O)/C=C\CC1C(CO[Si](c2ccccc2)(c2ccccc2)C(C)(C)C)C2CC1(c1ccc(F)cc1)CO2. The lowest BCUT2D eigenvalue weighted by molar-refractivity contribution is -0.137. The van der Waals surface area contributed by atoms with E-state index < -0.39 is 8.32 Å². The van der Waals surface area contributed by atoms with Gasteiger partial charge in [-0.25, -0.2) is 9.18 Å². The molecule has 2 fully saturated rings. The Kier molecular flexibility index (Phi) is 8.64. The topological polar surface area (TPSA) is 44.8 Å². The molecule has 41 heavy (non-hydrogen) atoms. The van der Waals surface area contributed by atoms with E-state index in [-0.39, 0.29) is 40.2 Å². The zero-order valence-electron chi connectivity index (χ0n) is 24.5. The van der Waals surface area contributed by atoms with Crippen LogP contribution in [0.5, 0.6) is 0 Å². The van der Waals surface area contributed by atoms with Crippen LogP contribution in [0.3, 0.4) is 0 Å². The largest absolute Gasteiger partial charge is 0.463 e. The van der Waals surface area contributed by atoms with E-state index in [0.717, 1.165) is 12.0 Å². The Bertz CT molecular complexity index is 1300. The fraction of sp³-hybridized carbons (Fsp3) is 0.400. The van der Waals surface area contributed by atoms with Crippen molar-refractivity contribution < 1.29 is 23.1 Å². The minimum absolute atomic E-state index is 0.0271. The molecule has 1 saturated carbocycles. The van der Waals surface area contributed by atoms with E-state index in [9.17, 15) is 9.18 Å². The summed E-state index contributed by atoms with van der Waals surface area (Å²) in [4.78, 5) is 12.1. The first kappa shape index (κ1) is 29.4. The number of esters is 1. The molecule has 216 valence electrons. The van der Waals surface area contributed by atoms with Crippen molar-refractivity contribution in [2.24, 2.45) is 11.8 Å². The first-order valence-electron chi connectivity index (χ1n) is 14.7. The minimum atomic E-state index is -2.74. The average molecular weight is 573 g/mol. The lowest BCUT2D eigenvalue weighted by Gasteiger charge is -2.45. The summed E-state index contributed by atoms with van der Waals surface area (Å²) in [6, 6.07) is 28.2. The maximum absolute atomic E-state index is 13.9. The van der Waals surface area contributed by atoms with Crippen LogP contribution in [0.4, 0.5) is 4.39 Å². The molecule has 0 amide bonds. The van der Waals surface area contributed by atoms with E-state index in [0.29, 0.717) is 26.2 Å². The Morgan fingerprint density at radius 3 is 2.17 bits per heavy atom. The number of rotatable bonds is 10. The van der Waals surface area contributed by atoms with Crippen LogP contribution in [0.15, 0.2) is 97.1 Å². The van der Waals surface area contributed by atoms with Crippen molar-refractivity contribution in [3.8, 4) is 0 Å². The molecular weight excluding hydrogens is 531 g/mol. The van der Waals surface area contributed by atoms with Crippen molar-refractivity contribution in [1.82, 2.24) is 0 Å². The molecule has 3 aromatic rings. The molecule has 3 aromatic carbocycles. The molecule has 0 N–H and O–H groups in total. The van der Waals surface area contributed by atoms with Crippen LogP contribution in [-0.4, -0.2) is 40.2 Å². The molecule has 1 saturated heterocycles. The number of halogens is 1. The van der Waals surface area contributed by atoms with Gasteiger partial charge in [-0.3, -0.25) is 0 Å². The van der Waals surface area contributed by atoms with Crippen molar-refractivity contribution in [3.63, 3.8) is 0 Å². The highest BCUT2D eigenvalue weighted by Crippen LogP contribution is 2.57. The first-order valence-corrected chi connectivity index (χ1v) is 16.6. The van der Waals surface area contributed by atoms with Gasteiger partial charge in [-0.05, 0) is 58.8 Å². The minimum Gasteiger partial charge on any atom is -0.463 e. The predicted octanol–water partition coefficient (Wildman–Crippen LogP) is 6.18. The number of benzene rings is 3. The van der Waals surface area contributed by atoms with Crippen molar-refractivity contribution in [2.75, 3.05) is 19.8 Å². The van der Waals surface area contributed by atoms with E-state index in [1.807, 2.05) is 18.2 Å². The Balaban J connectivity index is 1.52. The van der Waals surface area contributed by atoms with Crippen LogP contribution >= 0.6 is 0 Å². The van der Waals surface area contributed by atoms with Crippen molar-refractivity contribution >= 4 is 24.7 Å². The van der Waals surface area contributed by atoms with Crippen LogP contribution in [0.25, 0.3) is 0 Å². The molecular formula is C35H41FO4Si. The van der Waals surface area contributed by atoms with Gasteiger partial charge in [-0.2, -0.15) is 0 Å². The molecule has 5 rings (SSSR count). The fourth-order valence-corrected chi connectivity index (χ4v) is 11.8. The number of allylic oxidation sites excluding steroid dienone is 1. The lowest BCUT2D eigenvalue weighted by atomic mass is 9.69. The van der Waals surface area contributed by atoms with Gasteiger partial charge in [-0.15, -0.1) is 0 Å². The second-order valence-corrected chi connectivity index (χ2v) is 16.7. The third-order valence-electron chi connectivity index (χ3n) is 9.08. The summed E-state index contributed by atoms with van der Waals surface area (Å²) in [6.45, 7) is 10.1. The number of carbonyl (C=O) groups is 1. The first-order chi connectivity index (χ1) is 19.7. The third kappa shape index (κ3) is 5.57. The summed E-state index contributed by atoms with van der Waals surface area (Å²) in [5, 5.41) is 2.35. The van der Waals surface area contributed by atoms with Gasteiger partial charge in [0.1, 0.15) is 5.82 Å². The van der Waals surface area contributed by atoms with Gasteiger partial charge in [0.05, 0.1) is 19.3 Å². The van der Waals surface area contributed by atoms with Crippen LogP contribution in [0, 0.1) is 17.7 Å². The second-order valence-electron chi connectivity index (χ2n) is 12.4. The van der Waals surface area contributed by atoms with Crippen LogP contribution < -0.4 is 10.4 Å². The van der Waals surface area contributed by atoms with E-state index in [1.165, 1.54) is 28.6 Å². The van der Waals surface area contributed by atoms with Crippen molar-refractivity contribution in [1.29, 1.82) is 0 Å². The van der Waals surface area contributed by atoms with Gasteiger partial charge in [0.25, 0.3) is 8.32 Å². The van der Waals surface area contributed by atoms with Crippen LogP contribution in [0.2, 0.25) is 5.04 Å². The van der Waals surface area contributed by atoms with Crippen LogP contribution in [-0.2, 0) is 24.1 Å². The third-order valence-corrected chi connectivity index (χ3v) is 14.1. The number of carbonyl (C=O) groups excluding carboxylic acids is 1. The summed E-state index contributed by atoms with van der Waals surface area (Å²) in [5.74, 6) is -0.301. The maximum atomic E-state index is 13.9. The molecule has 1 heterocycles. The molecule has 0 radical (unpaired) electrons. The summed E-state index contributed by atoms with van der Waals surface area (Å²) in [6.07, 6.45) is 5.04. The molecule has 4 atom stereocenters. The summed E-state index contributed by atoms with van der Waals surface area (Å²) >= 11 is 0. The number of ether oxygens (including phenoxy) is 2. The monoisotopic (exact) mass is 572 g/mol. The lowest BCUT2D eigenvalue weighted by Crippen LogP contribution is -2.67. The van der Waals surface area contributed by atoms with Gasteiger partial charge >= 0.3 is 5.97 Å². The van der Waals surface area contributed by atoms with Crippen LogP contribution in [0.1, 0.15) is 46.1 Å². The second kappa shape index (κ2) is 12.0. The van der Waals surface area contributed by atoms with E-state index in [1.54, 1.807) is 6.92 Å². The predicted molar refractivity (Wildman–Crippen MR) is 163 cm³/mol. The highest BCUT2D eigenvalue weighted by atomic mass is 28.4. The summed E-state index contributed by atoms with van der Waals surface area (Å²) < 4.78 is 32.9. The molecule has 2 bridgehead atoms. The molecule has 6 heteroatoms. The molecule has 2 aliphatic rings. The molecule has 1 aliphatic carbocycles. The molecule has 0 spiro atoms. The Labute approximate surface area is 244 Å². The Morgan fingerprint density at radius 1 is 1.00 bits per heavy atom. The highest BCUT2D eigenvalue weighted by Gasteiger charge is 2.60. The Morgan fingerprint density at radius 2 is 1.61 bits per heavy atom. The van der Waals surface area contributed by atoms with Gasteiger partial charge in [-0.1, -0.05) is 99.6 Å². The van der Waals surface area contributed by atoms with E-state index in [4.69, 9.17) is 13.9 Å². The molecule has 4 unspecified atom stereocenters. The van der Waals surface area contributed by atoms with Gasteiger partial charge in [0.2, 0.25) is 0 Å². The number of fused-ring (bicyclic) bond motifs is 2. The summed E-state index contributed by atoms with van der Waals surface area (Å²) in [7, 11) is -2.74. The van der Waals surface area contributed by atoms with Crippen molar-refractivity contribution in [2.45, 2.75) is 57.1 Å². The molecule has 0 aromatic heterocycles. The number of hydrogen-bond acceptors (Lipinski definition) is 4. The van der Waals surface area contributed by atoms with E-state index in [2.05, 4.69) is 81.4 Å². The van der Waals surface area contributed by atoms with Crippen molar-refractivity contribution in [3.05, 3.63) is 108 Å². The summed E-state index contributed by atoms with van der Waals surface area (Å²) in [5.41, 5.74) is 0.820. The normalized spacial score (nSPS) is 24.2. The quantitative estimate of drug-likeness (QED) is 0.165. The number of hydrogen-bond donors (Lipinski definition) is 0. The van der Waals surface area contributed by atoms with Gasteiger partial charge < -0.3 is 13.9 Å². The fourth-order valence-electron chi connectivity index (χ4n) is 7.24. The molecule has 4 nitrogen and oxygen atoms in total. The zero-order valence-corrected chi connectivity index (χ0v) is 25.5. The van der Waals surface area contributed by atoms with E-state index >= 15 is 0 Å². The smallest absolute Gasteiger partial charge is 0.330 e. The van der Waals surface area contributed by atoms with Gasteiger partial charge in [0.15, 0.2) is 0 Å². The zero-order chi connectivity index (χ0) is 29.1. The maximum Gasteiger partial charge on any atom is 0.330 e. The molecule has 1 aliphatic heterocycles. The highest BCUT2D eigenvalue weighted by molar-refractivity contribution is 6.99. The average Bonchev–Trinajstić information content (AvgIpc) is 3.53.